The summed E-state index contributed by atoms with van der Waals surface area (Å²) in [7, 11) is 1.48. The van der Waals surface area contributed by atoms with Gasteiger partial charge in [0.05, 0.1) is 18.0 Å². The van der Waals surface area contributed by atoms with E-state index < -0.39 is 11.6 Å². The molecule has 0 spiro atoms. The Morgan fingerprint density at radius 2 is 1.92 bits per heavy atom. The van der Waals surface area contributed by atoms with Crippen molar-refractivity contribution in [1.29, 1.82) is 0 Å². The standard InChI is InChI=1S/C17H15BrF2N2O2S/c1-22(9-16(23)21-14-5-3-2-4-12(14)18)17(24)10-25-15-8-11(19)6-7-13(15)20/h2-8H,9-10H2,1H3,(H,21,23). The average Bonchev–Trinajstić information content (AvgIpc) is 2.57. The van der Waals surface area contributed by atoms with Gasteiger partial charge in [-0.25, -0.2) is 8.78 Å². The van der Waals surface area contributed by atoms with Crippen LogP contribution in [0.15, 0.2) is 51.8 Å². The van der Waals surface area contributed by atoms with E-state index in [0.717, 1.165) is 34.4 Å². The number of carbonyl (C=O) groups excluding carboxylic acids is 2. The molecule has 0 aliphatic heterocycles. The second-order valence-corrected chi connectivity index (χ2v) is 7.01. The molecule has 25 heavy (non-hydrogen) atoms. The number of halogens is 3. The minimum absolute atomic E-state index is 0.0550. The Kier molecular flexibility index (Phi) is 6.95. The maximum absolute atomic E-state index is 13.5. The van der Waals surface area contributed by atoms with Crippen LogP contribution in [-0.2, 0) is 9.59 Å². The topological polar surface area (TPSA) is 49.4 Å². The predicted molar refractivity (Wildman–Crippen MR) is 97.5 cm³/mol. The highest BCUT2D eigenvalue weighted by molar-refractivity contribution is 9.10. The molecule has 2 rings (SSSR count). The van der Waals surface area contributed by atoms with E-state index in [1.807, 2.05) is 6.07 Å². The van der Waals surface area contributed by atoms with Gasteiger partial charge < -0.3 is 10.2 Å². The number of rotatable bonds is 6. The van der Waals surface area contributed by atoms with Gasteiger partial charge in [-0.2, -0.15) is 0 Å². The number of para-hydroxylation sites is 1. The molecule has 0 saturated carbocycles. The van der Waals surface area contributed by atoms with Crippen LogP contribution in [0.1, 0.15) is 0 Å². The minimum atomic E-state index is -0.589. The number of nitrogens with zero attached hydrogens (tertiary/aromatic N) is 1. The minimum Gasteiger partial charge on any atom is -0.336 e. The van der Waals surface area contributed by atoms with Gasteiger partial charge in [0.25, 0.3) is 0 Å². The van der Waals surface area contributed by atoms with E-state index in [4.69, 9.17) is 0 Å². The van der Waals surface area contributed by atoms with Crippen molar-refractivity contribution in [3.05, 3.63) is 58.6 Å². The summed E-state index contributed by atoms with van der Waals surface area (Å²) in [5.74, 6) is -1.98. The number of benzene rings is 2. The molecule has 0 heterocycles. The summed E-state index contributed by atoms with van der Waals surface area (Å²) in [5.41, 5.74) is 0.601. The first-order chi connectivity index (χ1) is 11.9. The van der Waals surface area contributed by atoms with Gasteiger partial charge >= 0.3 is 0 Å². The van der Waals surface area contributed by atoms with E-state index in [1.54, 1.807) is 18.2 Å². The number of amides is 2. The van der Waals surface area contributed by atoms with Crippen LogP contribution < -0.4 is 5.32 Å². The van der Waals surface area contributed by atoms with Gasteiger partial charge in [-0.05, 0) is 46.3 Å². The number of carbonyl (C=O) groups is 2. The lowest BCUT2D eigenvalue weighted by atomic mass is 10.3. The van der Waals surface area contributed by atoms with E-state index >= 15 is 0 Å². The fraction of sp³-hybridized carbons (Fsp3) is 0.176. The second kappa shape index (κ2) is 8.96. The third kappa shape index (κ3) is 5.82. The fourth-order valence-electron chi connectivity index (χ4n) is 1.89. The Morgan fingerprint density at radius 3 is 2.64 bits per heavy atom. The molecule has 1 N–H and O–H groups in total. The van der Waals surface area contributed by atoms with Crippen molar-refractivity contribution in [1.82, 2.24) is 4.90 Å². The van der Waals surface area contributed by atoms with Crippen molar-refractivity contribution in [3.63, 3.8) is 0 Å². The molecule has 4 nitrogen and oxygen atoms in total. The maximum atomic E-state index is 13.5. The summed E-state index contributed by atoms with van der Waals surface area (Å²) in [5, 5.41) is 2.69. The monoisotopic (exact) mass is 428 g/mol. The van der Waals surface area contributed by atoms with Crippen LogP contribution in [0, 0.1) is 11.6 Å². The molecule has 0 bridgehead atoms. The zero-order valence-corrected chi connectivity index (χ0v) is 15.7. The molecule has 0 aliphatic rings. The largest absolute Gasteiger partial charge is 0.336 e. The molecule has 0 unspecified atom stereocenters. The van der Waals surface area contributed by atoms with Gasteiger partial charge in [-0.3, -0.25) is 9.59 Å². The van der Waals surface area contributed by atoms with Crippen LogP contribution in [0.3, 0.4) is 0 Å². The zero-order valence-electron chi connectivity index (χ0n) is 13.3. The number of likely N-dealkylation sites (N-methyl/N-ethyl adjacent to an activating group) is 1. The highest BCUT2D eigenvalue weighted by atomic mass is 79.9. The van der Waals surface area contributed by atoms with E-state index in [9.17, 15) is 18.4 Å². The smallest absolute Gasteiger partial charge is 0.244 e. The molecule has 2 aromatic carbocycles. The Hall–Kier alpha value is -1.93. The summed E-state index contributed by atoms with van der Waals surface area (Å²) in [6, 6.07) is 10.2. The molecular weight excluding hydrogens is 414 g/mol. The third-order valence-corrected chi connectivity index (χ3v) is 4.91. The molecule has 0 aliphatic carbocycles. The molecular formula is C17H15BrF2N2O2S. The molecule has 0 saturated heterocycles. The maximum Gasteiger partial charge on any atom is 0.244 e. The lowest BCUT2D eigenvalue weighted by Gasteiger charge is -2.17. The van der Waals surface area contributed by atoms with Gasteiger partial charge in [0, 0.05) is 16.4 Å². The Labute approximate surface area is 156 Å². The summed E-state index contributed by atoms with van der Waals surface area (Å²) in [6.45, 7) is -0.146. The van der Waals surface area contributed by atoms with Crippen molar-refractivity contribution in [2.75, 3.05) is 24.7 Å². The fourth-order valence-corrected chi connectivity index (χ4v) is 3.18. The summed E-state index contributed by atoms with van der Waals surface area (Å²) in [6.07, 6.45) is 0. The number of hydrogen-bond acceptors (Lipinski definition) is 3. The zero-order chi connectivity index (χ0) is 18.4. The first-order valence-electron chi connectivity index (χ1n) is 7.23. The van der Waals surface area contributed by atoms with Crippen molar-refractivity contribution in [3.8, 4) is 0 Å². The lowest BCUT2D eigenvalue weighted by Crippen LogP contribution is -2.36. The van der Waals surface area contributed by atoms with Crippen LogP contribution in [0.25, 0.3) is 0 Å². The molecule has 132 valence electrons. The summed E-state index contributed by atoms with van der Waals surface area (Å²) in [4.78, 5) is 25.4. The molecule has 2 amide bonds. The van der Waals surface area contributed by atoms with Crippen LogP contribution in [0.2, 0.25) is 0 Å². The van der Waals surface area contributed by atoms with Gasteiger partial charge in [0.1, 0.15) is 11.6 Å². The number of nitrogens with one attached hydrogen (secondary N) is 1. The van der Waals surface area contributed by atoms with Crippen molar-refractivity contribution in [2.24, 2.45) is 0 Å². The first kappa shape index (κ1) is 19.4. The third-order valence-electron chi connectivity index (χ3n) is 3.20. The molecule has 0 fully saturated rings. The summed E-state index contributed by atoms with van der Waals surface area (Å²) < 4.78 is 27.4. The molecule has 0 radical (unpaired) electrons. The molecule has 2 aromatic rings. The number of anilines is 1. The van der Waals surface area contributed by atoms with Crippen LogP contribution in [0.4, 0.5) is 14.5 Å². The van der Waals surface area contributed by atoms with Gasteiger partial charge in [-0.1, -0.05) is 12.1 Å². The van der Waals surface area contributed by atoms with Crippen LogP contribution in [0.5, 0.6) is 0 Å². The Bertz CT molecular complexity index is 789. The van der Waals surface area contributed by atoms with E-state index in [1.165, 1.54) is 11.9 Å². The van der Waals surface area contributed by atoms with Crippen LogP contribution in [-0.4, -0.2) is 36.1 Å². The van der Waals surface area contributed by atoms with Crippen molar-refractivity contribution >= 4 is 45.2 Å². The first-order valence-corrected chi connectivity index (χ1v) is 9.01. The number of hydrogen-bond donors (Lipinski definition) is 1. The van der Waals surface area contributed by atoms with Gasteiger partial charge in [0.2, 0.25) is 11.8 Å². The SMILES string of the molecule is CN(CC(=O)Nc1ccccc1Br)C(=O)CSc1cc(F)ccc1F. The van der Waals surface area contributed by atoms with Crippen molar-refractivity contribution in [2.45, 2.75) is 4.90 Å². The van der Waals surface area contributed by atoms with E-state index in [0.29, 0.717) is 5.69 Å². The highest BCUT2D eigenvalue weighted by Gasteiger charge is 2.15. The molecule has 0 aromatic heterocycles. The number of thioether (sulfide) groups is 1. The van der Waals surface area contributed by atoms with E-state index in [-0.39, 0.29) is 29.0 Å². The quantitative estimate of drug-likeness (QED) is 0.709. The Balaban J connectivity index is 1.86. The molecule has 0 atom stereocenters. The van der Waals surface area contributed by atoms with E-state index in [2.05, 4.69) is 21.2 Å². The highest BCUT2D eigenvalue weighted by Crippen LogP contribution is 2.23. The van der Waals surface area contributed by atoms with Crippen molar-refractivity contribution < 1.29 is 18.4 Å². The Morgan fingerprint density at radius 1 is 1.20 bits per heavy atom. The average molecular weight is 429 g/mol. The van der Waals surface area contributed by atoms with Gasteiger partial charge in [0.15, 0.2) is 0 Å². The van der Waals surface area contributed by atoms with Gasteiger partial charge in [-0.15, -0.1) is 11.8 Å². The lowest BCUT2D eigenvalue weighted by molar-refractivity contribution is -0.131. The second-order valence-electron chi connectivity index (χ2n) is 5.14. The van der Waals surface area contributed by atoms with Crippen LogP contribution >= 0.6 is 27.7 Å². The summed E-state index contributed by atoms with van der Waals surface area (Å²) >= 11 is 4.20. The normalized spacial score (nSPS) is 10.4. The predicted octanol–water partition coefficient (Wildman–Crippen LogP) is 3.92. The molecule has 8 heteroatoms.